The van der Waals surface area contributed by atoms with Crippen LogP contribution in [0.3, 0.4) is 0 Å². The van der Waals surface area contributed by atoms with E-state index in [0.717, 1.165) is 19.5 Å². The summed E-state index contributed by atoms with van der Waals surface area (Å²) in [7, 11) is 1.85. The van der Waals surface area contributed by atoms with Crippen molar-refractivity contribution in [2.75, 3.05) is 33.3 Å². The first-order valence-electron chi connectivity index (χ1n) is 6.28. The number of carbonyl (C=O) groups excluding carboxylic acids is 1. The van der Waals surface area contributed by atoms with Gasteiger partial charge in [-0.25, -0.2) is 0 Å². The van der Waals surface area contributed by atoms with Gasteiger partial charge in [0.05, 0.1) is 6.61 Å². The second-order valence-corrected chi connectivity index (χ2v) is 5.60. The Morgan fingerprint density at radius 1 is 1.67 bits per heavy atom. The van der Waals surface area contributed by atoms with Gasteiger partial charge in [-0.05, 0) is 30.4 Å². The van der Waals surface area contributed by atoms with Gasteiger partial charge in [0.25, 0.3) is 5.91 Å². The first-order valence-corrected chi connectivity index (χ1v) is 7.16. The highest BCUT2D eigenvalue weighted by Gasteiger charge is 2.24. The van der Waals surface area contributed by atoms with Gasteiger partial charge in [0.15, 0.2) is 0 Å². The van der Waals surface area contributed by atoms with Gasteiger partial charge < -0.3 is 15.0 Å². The molecule has 1 unspecified atom stereocenters. The molecule has 1 atom stereocenters. The molecule has 1 saturated heterocycles. The van der Waals surface area contributed by atoms with E-state index < -0.39 is 0 Å². The fraction of sp³-hybridized carbons (Fsp3) is 0.615. The number of carbonyl (C=O) groups is 1. The van der Waals surface area contributed by atoms with Crippen molar-refractivity contribution in [1.82, 2.24) is 10.2 Å². The standard InChI is InChI=1S/C13H20N2O2S/c1-10-4-8-18-12(10)3-6-15(2)13(16)11-9-14-5-7-17-11/h4,8,11,14H,3,5-7,9H2,1-2H3. The fourth-order valence-corrected chi connectivity index (χ4v) is 2.91. The molecule has 0 spiro atoms. The molecular weight excluding hydrogens is 248 g/mol. The minimum atomic E-state index is -0.312. The van der Waals surface area contributed by atoms with Crippen LogP contribution in [0.1, 0.15) is 10.4 Å². The molecule has 1 aliphatic heterocycles. The van der Waals surface area contributed by atoms with Crippen molar-refractivity contribution in [2.24, 2.45) is 0 Å². The van der Waals surface area contributed by atoms with Crippen molar-refractivity contribution < 1.29 is 9.53 Å². The Morgan fingerprint density at radius 3 is 3.11 bits per heavy atom. The third-order valence-electron chi connectivity index (χ3n) is 3.22. The zero-order valence-corrected chi connectivity index (χ0v) is 11.8. The van der Waals surface area contributed by atoms with Crippen LogP contribution < -0.4 is 5.32 Å². The number of nitrogens with zero attached hydrogens (tertiary/aromatic N) is 1. The molecule has 5 heteroatoms. The molecule has 18 heavy (non-hydrogen) atoms. The molecule has 100 valence electrons. The summed E-state index contributed by atoms with van der Waals surface area (Å²) in [5.41, 5.74) is 1.32. The summed E-state index contributed by atoms with van der Waals surface area (Å²) in [5, 5.41) is 5.28. The quantitative estimate of drug-likeness (QED) is 0.887. The summed E-state index contributed by atoms with van der Waals surface area (Å²) in [6.07, 6.45) is 0.611. The number of aryl methyl sites for hydroxylation is 1. The Kier molecular flexibility index (Phi) is 4.74. The van der Waals surface area contributed by atoms with Gasteiger partial charge in [-0.3, -0.25) is 4.79 Å². The van der Waals surface area contributed by atoms with E-state index in [-0.39, 0.29) is 12.0 Å². The first-order chi connectivity index (χ1) is 8.68. The molecule has 0 radical (unpaired) electrons. The Morgan fingerprint density at radius 2 is 2.50 bits per heavy atom. The van der Waals surface area contributed by atoms with Crippen LogP contribution in [0.5, 0.6) is 0 Å². The molecule has 1 aliphatic rings. The van der Waals surface area contributed by atoms with E-state index in [1.54, 1.807) is 16.2 Å². The third-order valence-corrected chi connectivity index (χ3v) is 4.30. The summed E-state index contributed by atoms with van der Waals surface area (Å²) in [5.74, 6) is 0.0800. The molecule has 0 aliphatic carbocycles. The second kappa shape index (κ2) is 6.31. The Bertz CT molecular complexity index is 399. The van der Waals surface area contributed by atoms with Gasteiger partial charge in [0.1, 0.15) is 6.10 Å². The number of hydrogen-bond acceptors (Lipinski definition) is 4. The van der Waals surface area contributed by atoms with Crippen LogP contribution in [0.4, 0.5) is 0 Å². The van der Waals surface area contributed by atoms with Gasteiger partial charge >= 0.3 is 0 Å². The van der Waals surface area contributed by atoms with E-state index in [9.17, 15) is 4.79 Å². The zero-order valence-electron chi connectivity index (χ0n) is 10.9. The third kappa shape index (κ3) is 3.31. The van der Waals surface area contributed by atoms with Crippen LogP contribution in [0.15, 0.2) is 11.4 Å². The molecule has 1 N–H and O–H groups in total. The van der Waals surface area contributed by atoms with Crippen molar-refractivity contribution in [1.29, 1.82) is 0 Å². The van der Waals surface area contributed by atoms with Gasteiger partial charge in [-0.2, -0.15) is 0 Å². The molecule has 0 saturated carbocycles. The number of thiophene rings is 1. The lowest BCUT2D eigenvalue weighted by Crippen LogP contribution is -2.48. The summed E-state index contributed by atoms with van der Waals surface area (Å²) in [6.45, 7) is 4.94. The predicted molar refractivity (Wildman–Crippen MR) is 73.0 cm³/mol. The molecular formula is C13H20N2O2S. The number of rotatable bonds is 4. The van der Waals surface area contributed by atoms with Gasteiger partial charge in [0.2, 0.25) is 0 Å². The molecule has 0 bridgehead atoms. The molecule has 0 aromatic carbocycles. The predicted octanol–water partition coefficient (Wildman–Crippen LogP) is 1.05. The van der Waals surface area contributed by atoms with Crippen LogP contribution in [-0.2, 0) is 16.0 Å². The van der Waals surface area contributed by atoms with Crippen LogP contribution in [0.2, 0.25) is 0 Å². The number of nitrogens with one attached hydrogen (secondary N) is 1. The van der Waals surface area contributed by atoms with Gasteiger partial charge in [0, 0.05) is 31.6 Å². The molecule has 1 fully saturated rings. The summed E-state index contributed by atoms with van der Waals surface area (Å²) >= 11 is 1.76. The van der Waals surface area contributed by atoms with Crippen LogP contribution in [-0.4, -0.2) is 50.2 Å². The average Bonchev–Trinajstić information content (AvgIpc) is 2.81. The molecule has 1 aromatic heterocycles. The molecule has 2 rings (SSSR count). The van der Waals surface area contributed by atoms with Crippen LogP contribution in [0.25, 0.3) is 0 Å². The largest absolute Gasteiger partial charge is 0.366 e. The van der Waals surface area contributed by atoms with E-state index in [2.05, 4.69) is 23.7 Å². The van der Waals surface area contributed by atoms with Crippen LogP contribution >= 0.6 is 11.3 Å². The van der Waals surface area contributed by atoms with Crippen molar-refractivity contribution in [2.45, 2.75) is 19.4 Å². The van der Waals surface area contributed by atoms with E-state index >= 15 is 0 Å². The molecule has 4 nitrogen and oxygen atoms in total. The lowest BCUT2D eigenvalue weighted by molar-refractivity contribution is -0.143. The maximum absolute atomic E-state index is 12.1. The Balaban J connectivity index is 1.82. The average molecular weight is 268 g/mol. The number of amides is 1. The fourth-order valence-electron chi connectivity index (χ4n) is 2.01. The highest BCUT2D eigenvalue weighted by molar-refractivity contribution is 7.10. The van der Waals surface area contributed by atoms with Crippen molar-refractivity contribution >= 4 is 17.2 Å². The van der Waals surface area contributed by atoms with E-state index in [1.165, 1.54) is 10.4 Å². The summed E-state index contributed by atoms with van der Waals surface area (Å²) in [6, 6.07) is 2.12. The second-order valence-electron chi connectivity index (χ2n) is 4.60. The minimum Gasteiger partial charge on any atom is -0.366 e. The highest BCUT2D eigenvalue weighted by atomic mass is 32.1. The maximum atomic E-state index is 12.1. The maximum Gasteiger partial charge on any atom is 0.252 e. The lowest BCUT2D eigenvalue weighted by Gasteiger charge is -2.27. The summed E-state index contributed by atoms with van der Waals surface area (Å²) in [4.78, 5) is 15.2. The molecule has 1 amide bonds. The lowest BCUT2D eigenvalue weighted by atomic mass is 10.2. The number of morpholine rings is 1. The van der Waals surface area contributed by atoms with Crippen molar-refractivity contribution in [3.05, 3.63) is 21.9 Å². The number of hydrogen-bond donors (Lipinski definition) is 1. The Labute approximate surface area is 112 Å². The smallest absolute Gasteiger partial charge is 0.252 e. The van der Waals surface area contributed by atoms with Gasteiger partial charge in [-0.15, -0.1) is 11.3 Å². The van der Waals surface area contributed by atoms with Crippen LogP contribution in [0, 0.1) is 6.92 Å². The van der Waals surface area contributed by atoms with E-state index in [0.29, 0.717) is 13.2 Å². The highest BCUT2D eigenvalue weighted by Crippen LogP contribution is 2.16. The topological polar surface area (TPSA) is 41.6 Å². The van der Waals surface area contributed by atoms with Crippen molar-refractivity contribution in [3.8, 4) is 0 Å². The molecule has 2 heterocycles. The SMILES string of the molecule is Cc1ccsc1CCN(C)C(=O)C1CNCCO1. The first kappa shape index (κ1) is 13.5. The minimum absolute atomic E-state index is 0.0800. The normalized spacial score (nSPS) is 19.8. The Hall–Kier alpha value is -0.910. The number of likely N-dealkylation sites (N-methyl/N-ethyl adjacent to an activating group) is 1. The number of ether oxygens (including phenoxy) is 1. The molecule has 1 aromatic rings. The monoisotopic (exact) mass is 268 g/mol. The van der Waals surface area contributed by atoms with Crippen molar-refractivity contribution in [3.63, 3.8) is 0 Å². The zero-order chi connectivity index (χ0) is 13.0. The van der Waals surface area contributed by atoms with Gasteiger partial charge in [-0.1, -0.05) is 0 Å². The van der Waals surface area contributed by atoms with E-state index in [4.69, 9.17) is 4.74 Å². The summed E-state index contributed by atoms with van der Waals surface area (Å²) < 4.78 is 5.47. The van der Waals surface area contributed by atoms with E-state index in [1.807, 2.05) is 7.05 Å².